The van der Waals surface area contributed by atoms with Crippen molar-refractivity contribution in [2.45, 2.75) is 59.0 Å². The van der Waals surface area contributed by atoms with Crippen LogP contribution in [0.1, 0.15) is 57.1 Å². The molecule has 1 unspecified atom stereocenters. The normalized spacial score (nSPS) is 12.5. The second-order valence-electron chi connectivity index (χ2n) is 5.38. The molecule has 0 bridgehead atoms. The van der Waals surface area contributed by atoms with Crippen LogP contribution < -0.4 is 4.74 Å². The predicted octanol–water partition coefficient (Wildman–Crippen LogP) is 4.79. The lowest BCUT2D eigenvalue weighted by atomic mass is 10.0. The van der Waals surface area contributed by atoms with Gasteiger partial charge in [0.1, 0.15) is 5.75 Å². The van der Waals surface area contributed by atoms with Crippen LogP contribution in [0.4, 0.5) is 0 Å². The Kier molecular flexibility index (Phi) is 6.34. The summed E-state index contributed by atoms with van der Waals surface area (Å²) in [7, 11) is 0. The third kappa shape index (κ3) is 4.41. The van der Waals surface area contributed by atoms with Crippen LogP contribution in [-0.2, 0) is 4.79 Å². The minimum Gasteiger partial charge on any atom is -0.479 e. The third-order valence-electron chi connectivity index (χ3n) is 3.28. The van der Waals surface area contributed by atoms with Crippen LogP contribution in [0.3, 0.4) is 0 Å². The number of carbonyl (C=O) groups is 1. The van der Waals surface area contributed by atoms with Crippen molar-refractivity contribution in [3.05, 3.63) is 28.3 Å². The number of benzene rings is 1. The Balaban J connectivity index is 3.00. The zero-order valence-corrected chi connectivity index (χ0v) is 13.3. The van der Waals surface area contributed by atoms with E-state index in [0.717, 1.165) is 24.0 Å². The van der Waals surface area contributed by atoms with Gasteiger partial charge in [-0.05, 0) is 48.9 Å². The highest BCUT2D eigenvalue weighted by atomic mass is 35.5. The summed E-state index contributed by atoms with van der Waals surface area (Å²) >= 11 is 6.21. The van der Waals surface area contributed by atoms with Gasteiger partial charge in [0.05, 0.1) is 0 Å². The maximum absolute atomic E-state index is 11.3. The maximum Gasteiger partial charge on any atom is 0.344 e. The van der Waals surface area contributed by atoms with Gasteiger partial charge in [-0.3, -0.25) is 0 Å². The highest BCUT2D eigenvalue weighted by Crippen LogP contribution is 2.32. The molecule has 0 radical (unpaired) electrons. The van der Waals surface area contributed by atoms with E-state index in [1.54, 1.807) is 0 Å². The number of aliphatic carboxylic acids is 1. The second-order valence-corrected chi connectivity index (χ2v) is 5.79. The van der Waals surface area contributed by atoms with Gasteiger partial charge in [-0.25, -0.2) is 4.79 Å². The molecule has 0 heterocycles. The van der Waals surface area contributed by atoms with E-state index in [1.807, 2.05) is 39.8 Å². The first-order valence-electron chi connectivity index (χ1n) is 7.06. The molecule has 3 nitrogen and oxygen atoms in total. The molecule has 0 aliphatic carbocycles. The van der Waals surface area contributed by atoms with Crippen LogP contribution in [0.5, 0.6) is 5.75 Å². The van der Waals surface area contributed by atoms with Gasteiger partial charge in [-0.15, -0.1) is 0 Å². The van der Waals surface area contributed by atoms with Crippen molar-refractivity contribution >= 4 is 17.6 Å². The van der Waals surface area contributed by atoms with E-state index >= 15 is 0 Å². The standard InChI is InChI=1S/C16H23ClO3/c1-5-6-7-14(16(18)19)20-15-9-12(10(2)3)13(17)8-11(15)4/h8-10,14H,5-7H2,1-4H3,(H,18,19). The van der Waals surface area contributed by atoms with Gasteiger partial charge in [-0.1, -0.05) is 38.8 Å². The van der Waals surface area contributed by atoms with Crippen molar-refractivity contribution in [1.29, 1.82) is 0 Å². The topological polar surface area (TPSA) is 46.5 Å². The second kappa shape index (κ2) is 7.53. The van der Waals surface area contributed by atoms with Crippen molar-refractivity contribution < 1.29 is 14.6 Å². The van der Waals surface area contributed by atoms with Gasteiger partial charge in [0.15, 0.2) is 6.10 Å². The molecule has 1 aromatic carbocycles. The van der Waals surface area contributed by atoms with Crippen molar-refractivity contribution in [2.24, 2.45) is 0 Å². The first-order chi connectivity index (χ1) is 9.36. The van der Waals surface area contributed by atoms with Gasteiger partial charge in [0.25, 0.3) is 0 Å². The van der Waals surface area contributed by atoms with Gasteiger partial charge in [0, 0.05) is 5.02 Å². The van der Waals surface area contributed by atoms with E-state index in [9.17, 15) is 9.90 Å². The number of aryl methyl sites for hydroxylation is 1. The summed E-state index contributed by atoms with van der Waals surface area (Å²) in [6.07, 6.45) is 1.50. The molecule has 1 aromatic rings. The lowest BCUT2D eigenvalue weighted by molar-refractivity contribution is -0.145. The van der Waals surface area contributed by atoms with Crippen LogP contribution in [0, 0.1) is 6.92 Å². The predicted molar refractivity (Wildman–Crippen MR) is 81.9 cm³/mol. The van der Waals surface area contributed by atoms with Crippen molar-refractivity contribution in [3.8, 4) is 5.75 Å². The van der Waals surface area contributed by atoms with Crippen LogP contribution in [-0.4, -0.2) is 17.2 Å². The van der Waals surface area contributed by atoms with Crippen LogP contribution in [0.2, 0.25) is 5.02 Å². The molecule has 0 aliphatic rings. The Hall–Kier alpha value is -1.22. The van der Waals surface area contributed by atoms with Crippen molar-refractivity contribution in [2.75, 3.05) is 0 Å². The molecular formula is C16H23ClO3. The monoisotopic (exact) mass is 298 g/mol. The number of carboxylic acid groups (broad SMARTS) is 1. The molecular weight excluding hydrogens is 276 g/mol. The van der Waals surface area contributed by atoms with Crippen molar-refractivity contribution in [1.82, 2.24) is 0 Å². The third-order valence-corrected chi connectivity index (χ3v) is 3.61. The summed E-state index contributed by atoms with van der Waals surface area (Å²) in [6.45, 7) is 8.01. The number of carboxylic acids is 1. The Bertz CT molecular complexity index is 469. The number of halogens is 1. The van der Waals surface area contributed by atoms with Crippen molar-refractivity contribution in [3.63, 3.8) is 0 Å². The highest BCUT2D eigenvalue weighted by molar-refractivity contribution is 6.31. The molecule has 0 fully saturated rings. The van der Waals surface area contributed by atoms with Crippen LogP contribution >= 0.6 is 11.6 Å². The number of rotatable bonds is 7. The average molecular weight is 299 g/mol. The zero-order chi connectivity index (χ0) is 15.3. The summed E-state index contributed by atoms with van der Waals surface area (Å²) in [5.74, 6) is -0.0372. The molecule has 20 heavy (non-hydrogen) atoms. The minimum absolute atomic E-state index is 0.268. The first-order valence-corrected chi connectivity index (χ1v) is 7.44. The summed E-state index contributed by atoms with van der Waals surface area (Å²) in [5.41, 5.74) is 1.84. The van der Waals surface area contributed by atoms with E-state index in [2.05, 4.69) is 0 Å². The average Bonchev–Trinajstić information content (AvgIpc) is 2.35. The van der Waals surface area contributed by atoms with E-state index in [4.69, 9.17) is 16.3 Å². The smallest absolute Gasteiger partial charge is 0.344 e. The fourth-order valence-electron chi connectivity index (χ4n) is 2.01. The molecule has 0 saturated carbocycles. The molecule has 1 N–H and O–H groups in total. The van der Waals surface area contributed by atoms with E-state index in [0.29, 0.717) is 17.2 Å². The fourth-order valence-corrected chi connectivity index (χ4v) is 2.45. The fraction of sp³-hybridized carbons (Fsp3) is 0.562. The minimum atomic E-state index is -0.918. The molecule has 0 aliphatic heterocycles. The Labute approximate surface area is 125 Å². The highest BCUT2D eigenvalue weighted by Gasteiger charge is 2.20. The molecule has 1 rings (SSSR count). The van der Waals surface area contributed by atoms with Gasteiger partial charge in [-0.2, -0.15) is 0 Å². The number of hydrogen-bond donors (Lipinski definition) is 1. The lowest BCUT2D eigenvalue weighted by Gasteiger charge is -2.19. The number of hydrogen-bond acceptors (Lipinski definition) is 2. The van der Waals surface area contributed by atoms with E-state index in [1.165, 1.54) is 0 Å². The summed E-state index contributed by atoms with van der Waals surface area (Å²) in [5, 5.41) is 9.93. The Morgan fingerprint density at radius 3 is 2.55 bits per heavy atom. The Morgan fingerprint density at radius 1 is 1.40 bits per heavy atom. The molecule has 0 aromatic heterocycles. The quantitative estimate of drug-likeness (QED) is 0.787. The molecule has 0 saturated heterocycles. The molecule has 4 heteroatoms. The summed E-state index contributed by atoms with van der Waals surface area (Å²) in [6, 6.07) is 3.70. The van der Waals surface area contributed by atoms with E-state index in [-0.39, 0.29) is 5.92 Å². The summed E-state index contributed by atoms with van der Waals surface area (Å²) < 4.78 is 5.70. The first kappa shape index (κ1) is 16.8. The number of unbranched alkanes of at least 4 members (excludes halogenated alkanes) is 1. The van der Waals surface area contributed by atoms with E-state index < -0.39 is 12.1 Å². The molecule has 0 spiro atoms. The maximum atomic E-state index is 11.3. The molecule has 1 atom stereocenters. The van der Waals surface area contributed by atoms with Gasteiger partial charge < -0.3 is 9.84 Å². The zero-order valence-electron chi connectivity index (χ0n) is 12.6. The van der Waals surface area contributed by atoms with Crippen LogP contribution in [0.25, 0.3) is 0 Å². The number of ether oxygens (including phenoxy) is 1. The lowest BCUT2D eigenvalue weighted by Crippen LogP contribution is -2.27. The SMILES string of the molecule is CCCCC(Oc1cc(C(C)C)c(Cl)cc1C)C(=O)O. The van der Waals surface area contributed by atoms with Crippen LogP contribution in [0.15, 0.2) is 12.1 Å². The largest absolute Gasteiger partial charge is 0.479 e. The summed E-state index contributed by atoms with van der Waals surface area (Å²) in [4.78, 5) is 11.3. The Morgan fingerprint density at radius 2 is 2.05 bits per heavy atom. The van der Waals surface area contributed by atoms with Gasteiger partial charge >= 0.3 is 5.97 Å². The molecule has 0 amide bonds. The molecule has 112 valence electrons. The van der Waals surface area contributed by atoms with Gasteiger partial charge in [0.2, 0.25) is 0 Å².